The van der Waals surface area contributed by atoms with E-state index >= 15 is 0 Å². The Morgan fingerprint density at radius 3 is 1.51 bits per heavy atom. The van der Waals surface area contributed by atoms with Crippen molar-refractivity contribution in [3.63, 3.8) is 0 Å². The topological polar surface area (TPSA) is 43.6 Å². The first-order valence-corrected chi connectivity index (χ1v) is 16.1. The van der Waals surface area contributed by atoms with Crippen LogP contribution >= 0.6 is 0 Å². The van der Waals surface area contributed by atoms with Gasteiger partial charge in [0.25, 0.3) is 0 Å². The van der Waals surface area contributed by atoms with E-state index < -0.39 is 0 Å². The van der Waals surface area contributed by atoms with Gasteiger partial charge in [0.15, 0.2) is 11.6 Å². The molecule has 0 aliphatic carbocycles. The fraction of sp³-hybridized carbons (Fsp3) is 0. The number of benzene rings is 7. The van der Waals surface area contributed by atoms with Crippen molar-refractivity contribution in [2.45, 2.75) is 0 Å². The lowest BCUT2D eigenvalue weighted by Crippen LogP contribution is -2.06. The molecule has 4 nitrogen and oxygen atoms in total. The Kier molecular flexibility index (Phi) is 6.09. The van der Waals surface area contributed by atoms with Crippen LogP contribution in [-0.4, -0.2) is 19.5 Å². The van der Waals surface area contributed by atoms with E-state index in [9.17, 15) is 0 Å². The molecule has 0 spiro atoms. The van der Waals surface area contributed by atoms with Crippen LogP contribution in [0.5, 0.6) is 0 Å². The van der Waals surface area contributed by atoms with Crippen LogP contribution in [0.25, 0.3) is 83.9 Å². The van der Waals surface area contributed by atoms with E-state index in [-0.39, 0.29) is 30.1 Å². The molecule has 9 rings (SSSR count). The molecule has 0 radical (unpaired) electrons. The number of hydrogen-bond acceptors (Lipinski definition) is 3. The maximum Gasteiger partial charge on any atom is 0.238 e. The van der Waals surface area contributed by atoms with E-state index in [0.29, 0.717) is 33.5 Å². The van der Waals surface area contributed by atoms with Gasteiger partial charge in [0.05, 0.1) is 16.5 Å². The molecule has 0 fully saturated rings. The predicted octanol–water partition coefficient (Wildman–Crippen LogP) is 11.3. The van der Waals surface area contributed by atoms with Crippen molar-refractivity contribution in [1.29, 1.82) is 0 Å². The van der Waals surface area contributed by atoms with Crippen molar-refractivity contribution < 1.29 is 5.48 Å². The summed E-state index contributed by atoms with van der Waals surface area (Å²) in [6, 6.07) is 51.5. The molecule has 7 aromatic carbocycles. The maximum absolute atomic E-state index is 9.17. The Balaban J connectivity index is 1.33. The summed E-state index contributed by atoms with van der Waals surface area (Å²) in [6.07, 6.45) is 0. The first-order valence-electron chi connectivity index (χ1n) is 18.1. The standard InChI is InChI=1S/C45H30N4/c1-4-14-31(15-5-1)34-20-12-22-36(28-34)37-26-27-40-39-24-10-11-25-41(39)49(42(40)30-37)45-47-43(33-18-8-3-9-19-33)46-44(48-45)38-23-13-21-35(29-38)32-16-6-2-7-17-32/h1-30H/i10D,11D,24D,25D. The minimum atomic E-state index is -0.324. The number of rotatable bonds is 6. The Hall–Kier alpha value is -6.65. The zero-order valence-corrected chi connectivity index (χ0v) is 26.3. The number of nitrogens with zero attached hydrogens (tertiary/aromatic N) is 4. The van der Waals surface area contributed by atoms with E-state index in [4.69, 9.17) is 20.4 Å². The van der Waals surface area contributed by atoms with E-state index in [1.165, 1.54) is 0 Å². The first-order chi connectivity index (χ1) is 25.9. The third-order valence-corrected chi connectivity index (χ3v) is 8.79. The molecule has 0 saturated carbocycles. The van der Waals surface area contributed by atoms with Crippen LogP contribution in [0.4, 0.5) is 0 Å². The highest BCUT2D eigenvalue weighted by atomic mass is 15.2. The molecule has 49 heavy (non-hydrogen) atoms. The third-order valence-electron chi connectivity index (χ3n) is 8.79. The van der Waals surface area contributed by atoms with Crippen LogP contribution in [0.1, 0.15) is 5.48 Å². The number of hydrogen-bond donors (Lipinski definition) is 0. The summed E-state index contributed by atoms with van der Waals surface area (Å²) in [6.45, 7) is 0. The number of fused-ring (bicyclic) bond motifs is 3. The van der Waals surface area contributed by atoms with Crippen molar-refractivity contribution in [3.8, 4) is 62.1 Å². The van der Waals surface area contributed by atoms with Gasteiger partial charge in [-0.15, -0.1) is 0 Å². The van der Waals surface area contributed by atoms with Crippen LogP contribution in [-0.2, 0) is 0 Å². The van der Waals surface area contributed by atoms with E-state index in [0.717, 1.165) is 44.5 Å². The highest BCUT2D eigenvalue weighted by Gasteiger charge is 2.18. The van der Waals surface area contributed by atoms with Gasteiger partial charge in [-0.1, -0.05) is 158 Å². The fourth-order valence-corrected chi connectivity index (χ4v) is 6.39. The lowest BCUT2D eigenvalue weighted by atomic mass is 9.98. The summed E-state index contributed by atoms with van der Waals surface area (Å²) in [5.41, 5.74) is 8.71. The molecule has 0 N–H and O–H groups in total. The first kappa shape index (κ1) is 24.5. The van der Waals surface area contributed by atoms with E-state index in [1.807, 2.05) is 103 Å². The zero-order chi connectivity index (χ0) is 36.1. The van der Waals surface area contributed by atoms with Crippen molar-refractivity contribution in [2.24, 2.45) is 0 Å². The lowest BCUT2D eigenvalue weighted by Gasteiger charge is -2.12. The smallest absolute Gasteiger partial charge is 0.238 e. The summed E-state index contributed by atoms with van der Waals surface area (Å²) in [4.78, 5) is 15.1. The van der Waals surface area contributed by atoms with Crippen molar-refractivity contribution in [2.75, 3.05) is 0 Å². The Morgan fingerprint density at radius 2 is 0.857 bits per heavy atom. The monoisotopic (exact) mass is 630 g/mol. The summed E-state index contributed by atoms with van der Waals surface area (Å²) in [5.74, 6) is 1.13. The normalized spacial score (nSPS) is 12.4. The van der Waals surface area contributed by atoms with E-state index in [2.05, 4.69) is 54.6 Å². The average molecular weight is 631 g/mol. The SMILES string of the molecule is [2H]c1c([2H])c([2H])c2c(c1[2H])c1ccc(-c3cccc(-c4ccccc4)c3)cc1n2-c1nc(-c2ccccc2)nc(-c2cccc(-c3ccccc3)c2)n1. The Labute approximate surface area is 290 Å². The molecule has 9 aromatic rings. The van der Waals surface area contributed by atoms with Crippen LogP contribution in [0.3, 0.4) is 0 Å². The molecule has 0 atom stereocenters. The molecule has 2 aromatic heterocycles. The van der Waals surface area contributed by atoms with Gasteiger partial charge in [0.1, 0.15) is 0 Å². The molecule has 0 unspecified atom stereocenters. The molecule has 4 heteroatoms. The van der Waals surface area contributed by atoms with Gasteiger partial charge in [0, 0.05) is 21.9 Å². The number of para-hydroxylation sites is 1. The van der Waals surface area contributed by atoms with Gasteiger partial charge in [0.2, 0.25) is 5.95 Å². The Bertz CT molecular complexity index is 2820. The number of aromatic nitrogens is 4. The largest absolute Gasteiger partial charge is 0.278 e. The van der Waals surface area contributed by atoms with Gasteiger partial charge in [-0.05, 0) is 57.6 Å². The predicted molar refractivity (Wildman–Crippen MR) is 201 cm³/mol. The second-order valence-electron chi connectivity index (χ2n) is 11.8. The zero-order valence-electron chi connectivity index (χ0n) is 30.3. The molecule has 0 aliphatic rings. The molecular formula is C45H30N4. The fourth-order valence-electron chi connectivity index (χ4n) is 6.39. The van der Waals surface area contributed by atoms with Crippen LogP contribution in [0.2, 0.25) is 0 Å². The van der Waals surface area contributed by atoms with Crippen LogP contribution in [0.15, 0.2) is 182 Å². The highest BCUT2D eigenvalue weighted by molar-refractivity contribution is 6.10. The van der Waals surface area contributed by atoms with Crippen molar-refractivity contribution in [1.82, 2.24) is 19.5 Å². The second kappa shape index (κ2) is 12.2. The van der Waals surface area contributed by atoms with Crippen molar-refractivity contribution in [3.05, 3.63) is 182 Å². The Morgan fingerprint density at radius 1 is 0.367 bits per heavy atom. The van der Waals surface area contributed by atoms with Crippen LogP contribution in [0, 0.1) is 0 Å². The molecular weight excluding hydrogens is 597 g/mol. The second-order valence-corrected chi connectivity index (χ2v) is 11.8. The molecule has 230 valence electrons. The van der Waals surface area contributed by atoms with Gasteiger partial charge in [-0.2, -0.15) is 9.97 Å². The quantitative estimate of drug-likeness (QED) is 0.184. The summed E-state index contributed by atoms with van der Waals surface area (Å²) < 4.78 is 37.2. The van der Waals surface area contributed by atoms with E-state index in [1.54, 1.807) is 4.57 Å². The summed E-state index contributed by atoms with van der Waals surface area (Å²) >= 11 is 0. The minimum absolute atomic E-state index is 0.114. The van der Waals surface area contributed by atoms with Crippen molar-refractivity contribution >= 4 is 21.8 Å². The molecule has 0 bridgehead atoms. The van der Waals surface area contributed by atoms with Crippen LogP contribution < -0.4 is 0 Å². The lowest BCUT2D eigenvalue weighted by molar-refractivity contribution is 0.953. The van der Waals surface area contributed by atoms with Gasteiger partial charge < -0.3 is 0 Å². The summed E-state index contributed by atoms with van der Waals surface area (Å²) in [5, 5.41) is 1.08. The average Bonchev–Trinajstić information content (AvgIpc) is 3.58. The summed E-state index contributed by atoms with van der Waals surface area (Å²) in [7, 11) is 0. The molecule has 0 amide bonds. The molecule has 0 saturated heterocycles. The van der Waals surface area contributed by atoms with Gasteiger partial charge in [-0.25, -0.2) is 4.98 Å². The third kappa shape index (κ3) is 5.35. The maximum atomic E-state index is 9.17. The minimum Gasteiger partial charge on any atom is -0.278 e. The van der Waals surface area contributed by atoms with Gasteiger partial charge >= 0.3 is 0 Å². The molecule has 2 heterocycles. The molecule has 0 aliphatic heterocycles. The highest BCUT2D eigenvalue weighted by Crippen LogP contribution is 2.36. The van der Waals surface area contributed by atoms with Gasteiger partial charge in [-0.3, -0.25) is 4.57 Å².